The van der Waals surface area contributed by atoms with Crippen molar-refractivity contribution in [1.29, 1.82) is 0 Å². The van der Waals surface area contributed by atoms with Gasteiger partial charge in [-0.15, -0.1) is 0 Å². The predicted octanol–water partition coefficient (Wildman–Crippen LogP) is 3.84. The molecular weight excluding hydrogens is 290 g/mol. The summed E-state index contributed by atoms with van der Waals surface area (Å²) in [5, 5.41) is 5.22. The number of likely N-dealkylation sites (tertiary alicyclic amines) is 1. The summed E-state index contributed by atoms with van der Waals surface area (Å²) in [6.45, 7) is 1.98. The number of amidine groups is 1. The third-order valence-corrected chi connectivity index (χ3v) is 5.24. The highest BCUT2D eigenvalue weighted by atomic mass is 35.5. The minimum atomic E-state index is 0.731. The molecular formula is C15H20ClN3S. The molecule has 108 valence electrons. The van der Waals surface area contributed by atoms with Gasteiger partial charge in [0.2, 0.25) is 0 Å². The third kappa shape index (κ3) is 3.30. The van der Waals surface area contributed by atoms with Crippen LogP contribution in [0.25, 0.3) is 0 Å². The molecule has 0 saturated carbocycles. The summed E-state index contributed by atoms with van der Waals surface area (Å²) in [6, 6.07) is 6.71. The zero-order chi connectivity index (χ0) is 13.9. The van der Waals surface area contributed by atoms with Crippen LogP contribution >= 0.6 is 23.4 Å². The lowest BCUT2D eigenvalue weighted by Crippen LogP contribution is -2.25. The van der Waals surface area contributed by atoms with E-state index < -0.39 is 0 Å². The lowest BCUT2D eigenvalue weighted by molar-refractivity contribution is 0.305. The summed E-state index contributed by atoms with van der Waals surface area (Å²) in [6.07, 6.45) is 3.94. The van der Waals surface area contributed by atoms with Gasteiger partial charge in [0.25, 0.3) is 0 Å². The second-order valence-electron chi connectivity index (χ2n) is 5.46. The number of hydrogen-bond donors (Lipinski definition) is 1. The first kappa shape index (κ1) is 14.2. The molecule has 1 aromatic carbocycles. The van der Waals surface area contributed by atoms with Gasteiger partial charge in [0.05, 0.1) is 6.54 Å². The minimum absolute atomic E-state index is 0.731. The van der Waals surface area contributed by atoms with Crippen LogP contribution in [0.4, 0.5) is 5.69 Å². The van der Waals surface area contributed by atoms with Crippen LogP contribution in [-0.4, -0.2) is 35.5 Å². The maximum absolute atomic E-state index is 6.00. The lowest BCUT2D eigenvalue weighted by atomic mass is 10.1. The highest BCUT2D eigenvalue weighted by Gasteiger charge is 2.20. The Hall–Kier alpha value is -0.710. The molecule has 3 nitrogen and oxygen atoms in total. The fraction of sp³-hybridized carbons (Fsp3) is 0.533. The molecule has 1 atom stereocenters. The van der Waals surface area contributed by atoms with Crippen molar-refractivity contribution in [3.05, 3.63) is 28.8 Å². The van der Waals surface area contributed by atoms with Gasteiger partial charge >= 0.3 is 0 Å². The van der Waals surface area contributed by atoms with E-state index in [1.54, 1.807) is 0 Å². The van der Waals surface area contributed by atoms with E-state index in [2.05, 4.69) is 22.3 Å². The van der Waals surface area contributed by atoms with Crippen molar-refractivity contribution in [2.45, 2.75) is 31.8 Å². The van der Waals surface area contributed by atoms with Crippen LogP contribution in [0.1, 0.15) is 24.8 Å². The van der Waals surface area contributed by atoms with E-state index in [1.165, 1.54) is 31.4 Å². The Balaban J connectivity index is 1.50. The molecule has 2 aliphatic heterocycles. The number of hydrogen-bond acceptors (Lipinski definition) is 4. The normalized spacial score (nSPS) is 22.3. The Morgan fingerprint density at radius 2 is 2.40 bits per heavy atom. The van der Waals surface area contributed by atoms with Gasteiger partial charge in [0.15, 0.2) is 5.17 Å². The van der Waals surface area contributed by atoms with Gasteiger partial charge in [-0.1, -0.05) is 23.4 Å². The van der Waals surface area contributed by atoms with Gasteiger partial charge < -0.3 is 10.2 Å². The van der Waals surface area contributed by atoms with E-state index >= 15 is 0 Å². The summed E-state index contributed by atoms with van der Waals surface area (Å²) in [7, 11) is 2.23. The number of rotatable bonds is 3. The molecule has 0 radical (unpaired) electrons. The Morgan fingerprint density at radius 3 is 3.20 bits per heavy atom. The van der Waals surface area contributed by atoms with Crippen LogP contribution in [0.5, 0.6) is 0 Å². The molecule has 1 N–H and O–H groups in total. The molecule has 2 aliphatic rings. The van der Waals surface area contributed by atoms with Gasteiger partial charge in [-0.3, -0.25) is 4.99 Å². The fourth-order valence-electron chi connectivity index (χ4n) is 2.84. The standard InChI is InChI=1S/C15H20ClN3S/c1-19-7-2-3-13(19)6-8-20-15-17-10-11-9-12(16)4-5-14(11)18-15/h4-5,9,13H,2-3,6-8,10H2,1H3,(H,17,18). The summed E-state index contributed by atoms with van der Waals surface area (Å²) in [4.78, 5) is 7.07. The summed E-state index contributed by atoms with van der Waals surface area (Å²) >= 11 is 7.83. The Morgan fingerprint density at radius 1 is 1.50 bits per heavy atom. The number of anilines is 1. The topological polar surface area (TPSA) is 27.6 Å². The van der Waals surface area contributed by atoms with Crippen molar-refractivity contribution in [3.8, 4) is 0 Å². The first-order valence-corrected chi connectivity index (χ1v) is 8.51. The molecule has 3 rings (SSSR count). The zero-order valence-electron chi connectivity index (χ0n) is 11.7. The van der Waals surface area contributed by atoms with Crippen molar-refractivity contribution >= 4 is 34.2 Å². The average Bonchev–Trinajstić information content (AvgIpc) is 2.85. The number of benzene rings is 1. The van der Waals surface area contributed by atoms with Crippen molar-refractivity contribution in [3.63, 3.8) is 0 Å². The molecule has 0 aromatic heterocycles. The Bertz CT molecular complexity index is 518. The van der Waals surface area contributed by atoms with Crippen molar-refractivity contribution in [1.82, 2.24) is 4.90 Å². The van der Waals surface area contributed by atoms with Gasteiger partial charge in [0, 0.05) is 22.5 Å². The first-order valence-electron chi connectivity index (χ1n) is 7.15. The molecule has 1 fully saturated rings. The number of halogens is 1. The van der Waals surface area contributed by atoms with E-state index in [-0.39, 0.29) is 0 Å². The van der Waals surface area contributed by atoms with Crippen LogP contribution in [0, 0.1) is 0 Å². The quantitative estimate of drug-likeness (QED) is 0.919. The van der Waals surface area contributed by atoms with Crippen LogP contribution in [0.2, 0.25) is 5.02 Å². The highest BCUT2D eigenvalue weighted by molar-refractivity contribution is 8.14. The van der Waals surface area contributed by atoms with Crippen LogP contribution in [-0.2, 0) is 6.54 Å². The monoisotopic (exact) mass is 309 g/mol. The lowest BCUT2D eigenvalue weighted by Gasteiger charge is -2.21. The first-order chi connectivity index (χ1) is 9.72. The zero-order valence-corrected chi connectivity index (χ0v) is 13.3. The molecule has 0 spiro atoms. The summed E-state index contributed by atoms with van der Waals surface area (Å²) < 4.78 is 0. The van der Waals surface area contributed by atoms with Gasteiger partial charge in [-0.05, 0) is 56.6 Å². The molecule has 0 aliphatic carbocycles. The highest BCUT2D eigenvalue weighted by Crippen LogP contribution is 2.27. The number of fused-ring (bicyclic) bond motifs is 1. The number of nitrogens with zero attached hydrogens (tertiary/aromatic N) is 2. The van der Waals surface area contributed by atoms with Crippen LogP contribution in [0.3, 0.4) is 0 Å². The second kappa shape index (κ2) is 6.37. The van der Waals surface area contributed by atoms with Crippen LogP contribution < -0.4 is 5.32 Å². The number of thioether (sulfide) groups is 1. The number of aliphatic imine (C=N–C) groups is 1. The fourth-order valence-corrected chi connectivity index (χ4v) is 3.96. The Kier molecular flexibility index (Phi) is 4.54. The molecule has 5 heteroatoms. The molecule has 0 amide bonds. The van der Waals surface area contributed by atoms with Crippen molar-refractivity contribution < 1.29 is 0 Å². The van der Waals surface area contributed by atoms with Crippen molar-refractivity contribution in [2.75, 3.05) is 24.7 Å². The van der Waals surface area contributed by atoms with E-state index in [0.29, 0.717) is 0 Å². The maximum Gasteiger partial charge on any atom is 0.161 e. The predicted molar refractivity (Wildman–Crippen MR) is 88.9 cm³/mol. The van der Waals surface area contributed by atoms with E-state index in [4.69, 9.17) is 11.6 Å². The largest absolute Gasteiger partial charge is 0.335 e. The SMILES string of the molecule is CN1CCCC1CCSC1=NCc2cc(Cl)ccc2N1. The number of nitrogens with one attached hydrogen (secondary N) is 1. The molecule has 1 aromatic rings. The molecule has 1 unspecified atom stereocenters. The molecule has 1 saturated heterocycles. The summed E-state index contributed by atoms with van der Waals surface area (Å²) in [5.74, 6) is 1.13. The Labute approximate surface area is 129 Å². The van der Waals surface area contributed by atoms with Gasteiger partial charge in [-0.25, -0.2) is 0 Å². The second-order valence-corrected chi connectivity index (χ2v) is 6.98. The van der Waals surface area contributed by atoms with Gasteiger partial charge in [-0.2, -0.15) is 0 Å². The van der Waals surface area contributed by atoms with Crippen molar-refractivity contribution in [2.24, 2.45) is 4.99 Å². The maximum atomic E-state index is 6.00. The third-order valence-electron chi connectivity index (χ3n) is 4.06. The van der Waals surface area contributed by atoms with E-state index in [1.807, 2.05) is 30.0 Å². The molecule has 20 heavy (non-hydrogen) atoms. The molecule has 2 heterocycles. The molecule has 0 bridgehead atoms. The minimum Gasteiger partial charge on any atom is -0.335 e. The van der Waals surface area contributed by atoms with E-state index in [0.717, 1.165) is 34.2 Å². The smallest absolute Gasteiger partial charge is 0.161 e. The average molecular weight is 310 g/mol. The van der Waals surface area contributed by atoms with Gasteiger partial charge in [0.1, 0.15) is 0 Å². The summed E-state index contributed by atoms with van der Waals surface area (Å²) in [5.41, 5.74) is 2.32. The van der Waals surface area contributed by atoms with E-state index in [9.17, 15) is 0 Å². The van der Waals surface area contributed by atoms with Crippen LogP contribution in [0.15, 0.2) is 23.2 Å².